The Labute approximate surface area is 175 Å². The fourth-order valence-corrected chi connectivity index (χ4v) is 3.19. The van der Waals surface area contributed by atoms with Gasteiger partial charge in [0.25, 0.3) is 0 Å². The Morgan fingerprint density at radius 1 is 1.17 bits per heavy atom. The van der Waals surface area contributed by atoms with Gasteiger partial charge in [-0.3, -0.25) is 9.59 Å². The summed E-state index contributed by atoms with van der Waals surface area (Å²) in [6.07, 6.45) is -5.10. The van der Waals surface area contributed by atoms with Crippen molar-refractivity contribution in [1.29, 1.82) is 0 Å². The van der Waals surface area contributed by atoms with Crippen molar-refractivity contribution < 1.29 is 38.5 Å². The number of carbonyl (C=O) groups excluding carboxylic acids is 2. The van der Waals surface area contributed by atoms with Gasteiger partial charge in [0.15, 0.2) is 6.08 Å². The molecule has 0 aromatic heterocycles. The van der Waals surface area contributed by atoms with Crippen molar-refractivity contribution >= 4 is 21.9 Å². The van der Waals surface area contributed by atoms with E-state index in [0.717, 1.165) is 31.4 Å². The van der Waals surface area contributed by atoms with Gasteiger partial charge >= 0.3 is 16.1 Å². The molecule has 1 atom stereocenters. The van der Waals surface area contributed by atoms with Crippen molar-refractivity contribution in [2.24, 2.45) is 5.73 Å². The smallest absolute Gasteiger partial charge is 0.313 e. The van der Waals surface area contributed by atoms with Crippen LogP contribution in [0.3, 0.4) is 0 Å². The molecule has 9 heteroatoms. The standard InChI is InChI=1S/C20H19NO7S/c1-26-16(22)11-13-7-9-15(10-8-13)18-17(23)19(20(21)27-18)28-29(24,25)12-14-5-3-2-4-6-14/h2-10,18H,11-12,21H2,1H3/t18-/m1/s1/i11D2,12D2,18D. The minimum atomic E-state index is -5.12. The van der Waals surface area contributed by atoms with E-state index in [-0.39, 0.29) is 16.7 Å². The summed E-state index contributed by atoms with van der Waals surface area (Å²) in [7, 11) is -4.11. The van der Waals surface area contributed by atoms with Gasteiger partial charge in [-0.25, -0.2) is 0 Å². The molecule has 152 valence electrons. The number of benzene rings is 2. The van der Waals surface area contributed by atoms with Crippen LogP contribution in [0, 0.1) is 0 Å². The molecule has 0 fully saturated rings. The highest BCUT2D eigenvalue weighted by Crippen LogP contribution is 2.32. The Morgan fingerprint density at radius 2 is 1.83 bits per heavy atom. The van der Waals surface area contributed by atoms with E-state index < -0.39 is 51.7 Å². The van der Waals surface area contributed by atoms with Crippen LogP contribution in [0.15, 0.2) is 66.2 Å². The third-order valence-electron chi connectivity index (χ3n) is 3.64. The molecule has 0 saturated carbocycles. The summed E-state index contributed by atoms with van der Waals surface area (Å²) in [5, 5.41) is 0. The predicted octanol–water partition coefficient (Wildman–Crippen LogP) is 1.72. The molecule has 0 spiro atoms. The Morgan fingerprint density at radius 3 is 2.45 bits per heavy atom. The van der Waals surface area contributed by atoms with Crippen LogP contribution in [-0.2, 0) is 45.4 Å². The highest BCUT2D eigenvalue weighted by atomic mass is 32.2. The summed E-state index contributed by atoms with van der Waals surface area (Å²) >= 11 is 0. The highest BCUT2D eigenvalue weighted by molar-refractivity contribution is 7.86. The number of esters is 1. The van der Waals surface area contributed by atoms with Crippen LogP contribution in [0.5, 0.6) is 0 Å². The van der Waals surface area contributed by atoms with E-state index in [1.54, 1.807) is 6.07 Å². The molecule has 0 unspecified atom stereocenters. The van der Waals surface area contributed by atoms with Crippen molar-refractivity contribution in [3.63, 3.8) is 0 Å². The van der Waals surface area contributed by atoms with Gasteiger partial charge in [0.1, 0.15) is 5.70 Å². The quantitative estimate of drug-likeness (QED) is 0.529. The van der Waals surface area contributed by atoms with Crippen molar-refractivity contribution in [3.8, 4) is 0 Å². The molecule has 8 nitrogen and oxygen atoms in total. The first-order valence-corrected chi connectivity index (χ1v) is 9.52. The van der Waals surface area contributed by atoms with Crippen molar-refractivity contribution in [1.82, 2.24) is 0 Å². The summed E-state index contributed by atoms with van der Waals surface area (Å²) in [6.45, 7) is 0. The van der Waals surface area contributed by atoms with Crippen LogP contribution in [-0.4, -0.2) is 27.3 Å². The average molecular weight is 422 g/mol. The average Bonchev–Trinajstić information content (AvgIpc) is 3.02. The fraction of sp³-hybridized carbons (Fsp3) is 0.200. The van der Waals surface area contributed by atoms with Crippen molar-refractivity contribution in [3.05, 3.63) is 82.9 Å². The van der Waals surface area contributed by atoms with Gasteiger partial charge < -0.3 is 19.4 Å². The molecule has 29 heavy (non-hydrogen) atoms. The zero-order valence-electron chi connectivity index (χ0n) is 20.0. The van der Waals surface area contributed by atoms with Crippen LogP contribution in [0.2, 0.25) is 0 Å². The molecule has 0 saturated heterocycles. The van der Waals surface area contributed by atoms with Gasteiger partial charge in [-0.1, -0.05) is 54.6 Å². The molecule has 0 bridgehead atoms. The highest BCUT2D eigenvalue weighted by Gasteiger charge is 2.39. The Hall–Kier alpha value is -3.33. The van der Waals surface area contributed by atoms with Gasteiger partial charge in [-0.05, 0) is 11.1 Å². The van der Waals surface area contributed by atoms with Crippen LogP contribution in [0.1, 0.15) is 29.6 Å². The maximum Gasteiger partial charge on any atom is 0.313 e. The van der Waals surface area contributed by atoms with E-state index in [0.29, 0.717) is 0 Å². The maximum atomic E-state index is 12.9. The topological polar surface area (TPSA) is 122 Å². The van der Waals surface area contributed by atoms with Crippen LogP contribution in [0.25, 0.3) is 0 Å². The lowest BCUT2D eigenvalue weighted by Gasteiger charge is -2.10. The number of Topliss-reactive ketones (excluding diaryl/α,β-unsaturated/α-hetero) is 1. The van der Waals surface area contributed by atoms with Crippen molar-refractivity contribution in [2.45, 2.75) is 18.2 Å². The molecule has 1 aliphatic heterocycles. The third-order valence-corrected chi connectivity index (χ3v) is 4.51. The van der Waals surface area contributed by atoms with Crippen LogP contribution < -0.4 is 5.73 Å². The van der Waals surface area contributed by atoms with E-state index in [1.165, 1.54) is 24.3 Å². The van der Waals surface area contributed by atoms with E-state index in [2.05, 4.69) is 4.74 Å². The minimum Gasteiger partial charge on any atom is -0.469 e. The monoisotopic (exact) mass is 422 g/mol. The molecule has 0 aliphatic carbocycles. The second-order valence-corrected chi connectivity index (χ2v) is 6.93. The second-order valence-electron chi connectivity index (χ2n) is 5.65. The first-order chi connectivity index (χ1) is 15.7. The molecule has 2 aromatic rings. The number of ether oxygens (including phenoxy) is 2. The SMILES string of the molecule is [2H]C([2H])(C(=O)OC)c1ccc([C@@]2([2H])OC(N)=C(OS(=O)(=O)C([2H])([2H])c3ccccc3)C2=O)cc1. The molecule has 0 amide bonds. The summed E-state index contributed by atoms with van der Waals surface area (Å²) < 4.78 is 79.6. The molecular weight excluding hydrogens is 398 g/mol. The summed E-state index contributed by atoms with van der Waals surface area (Å²) in [6, 6.07) is 11.3. The van der Waals surface area contributed by atoms with Gasteiger partial charge in [0.05, 0.1) is 17.6 Å². The van der Waals surface area contributed by atoms with Gasteiger partial charge in [-0.2, -0.15) is 8.42 Å². The first-order valence-electron chi connectivity index (χ1n) is 10.6. The normalized spacial score (nSPS) is 22.5. The lowest BCUT2D eigenvalue weighted by Crippen LogP contribution is -2.16. The number of carbonyl (C=O) groups is 2. The lowest BCUT2D eigenvalue weighted by molar-refractivity contribution is -0.139. The largest absolute Gasteiger partial charge is 0.469 e. The molecule has 1 aliphatic rings. The minimum absolute atomic E-state index is 0.131. The maximum absolute atomic E-state index is 12.9. The second kappa shape index (κ2) is 8.36. The summed E-state index contributed by atoms with van der Waals surface area (Å²) in [5.41, 5.74) is 1.99. The first kappa shape index (κ1) is 14.6. The van der Waals surface area contributed by atoms with Crippen LogP contribution >= 0.6 is 0 Å². The zero-order chi connectivity index (χ0) is 25.5. The van der Waals surface area contributed by atoms with Gasteiger partial charge in [-0.15, -0.1) is 0 Å². The molecule has 3 rings (SSSR count). The Balaban J connectivity index is 1.89. The summed E-state index contributed by atoms with van der Waals surface area (Å²) in [4.78, 5) is 24.6. The summed E-state index contributed by atoms with van der Waals surface area (Å²) in [5.74, 6) is -4.39. The zero-order valence-corrected chi connectivity index (χ0v) is 15.9. The molecule has 2 N–H and O–H groups in total. The Kier molecular flexibility index (Phi) is 4.22. The number of ketones is 1. The predicted molar refractivity (Wildman–Crippen MR) is 102 cm³/mol. The van der Waals surface area contributed by atoms with Gasteiger partial charge in [0.2, 0.25) is 17.4 Å². The van der Waals surface area contributed by atoms with Gasteiger partial charge in [0, 0.05) is 8.30 Å². The van der Waals surface area contributed by atoms with E-state index in [4.69, 9.17) is 21.5 Å². The van der Waals surface area contributed by atoms with Crippen molar-refractivity contribution in [2.75, 3.05) is 7.11 Å². The third kappa shape index (κ3) is 4.94. The number of methoxy groups -OCH3 is 1. The lowest BCUT2D eigenvalue weighted by atomic mass is 10.0. The number of rotatable bonds is 7. The number of nitrogens with two attached hydrogens (primary N) is 1. The number of hydrogen-bond acceptors (Lipinski definition) is 8. The molecule has 1 heterocycles. The van der Waals surface area contributed by atoms with E-state index >= 15 is 0 Å². The number of hydrogen-bond donors (Lipinski definition) is 1. The molecule has 2 aromatic carbocycles. The fourth-order valence-electron chi connectivity index (χ4n) is 2.34. The molecular formula is C20H19NO7S. The van der Waals surface area contributed by atoms with Crippen LogP contribution in [0.4, 0.5) is 0 Å². The van der Waals surface area contributed by atoms with E-state index in [9.17, 15) is 18.0 Å². The Bertz CT molecular complexity index is 1260. The molecule has 0 radical (unpaired) electrons. The van der Waals surface area contributed by atoms with E-state index in [1.807, 2.05) is 0 Å².